The van der Waals surface area contributed by atoms with Crippen LogP contribution in [-0.2, 0) is 9.98 Å². The lowest BCUT2D eigenvalue weighted by atomic mass is 9.80. The first kappa shape index (κ1) is 23.2. The van der Waals surface area contributed by atoms with Crippen molar-refractivity contribution in [3.8, 4) is 0 Å². The van der Waals surface area contributed by atoms with Gasteiger partial charge in [-0.25, -0.2) is 0 Å². The van der Waals surface area contributed by atoms with Gasteiger partial charge in [0.05, 0.1) is 5.92 Å². The SMILES string of the molecule is Cc1cc(C)c(C(=O)C(CP=O)C(=O)c2c(C)cc(C(C)(C)C)cc2C)c(C)c1. The van der Waals surface area contributed by atoms with E-state index >= 15 is 0 Å². The third-order valence-corrected chi connectivity index (χ3v) is 5.97. The third kappa shape index (κ3) is 4.90. The van der Waals surface area contributed by atoms with Crippen LogP contribution in [-0.4, -0.2) is 17.7 Å². The minimum atomic E-state index is -0.952. The van der Waals surface area contributed by atoms with Gasteiger partial charge in [-0.3, -0.25) is 14.2 Å². The van der Waals surface area contributed by atoms with Crippen LogP contribution in [0, 0.1) is 40.5 Å². The number of benzene rings is 2. The van der Waals surface area contributed by atoms with E-state index in [0.717, 1.165) is 33.4 Å². The Kier molecular flexibility index (Phi) is 6.96. The molecule has 0 radical (unpaired) electrons. The summed E-state index contributed by atoms with van der Waals surface area (Å²) in [6.45, 7) is 16.0. The third-order valence-electron chi connectivity index (χ3n) is 5.46. The predicted molar refractivity (Wildman–Crippen MR) is 120 cm³/mol. The highest BCUT2D eigenvalue weighted by Crippen LogP contribution is 2.30. The van der Waals surface area contributed by atoms with Gasteiger partial charge in [-0.2, -0.15) is 0 Å². The molecule has 0 fully saturated rings. The summed E-state index contributed by atoms with van der Waals surface area (Å²) in [5, 5.41) is 0. The van der Waals surface area contributed by atoms with Gasteiger partial charge in [0, 0.05) is 17.3 Å². The monoisotopic (exact) mass is 410 g/mol. The molecule has 2 rings (SSSR count). The number of carbonyl (C=O) groups is 2. The average Bonchev–Trinajstić information content (AvgIpc) is 2.56. The summed E-state index contributed by atoms with van der Waals surface area (Å²) in [5.74, 6) is -1.44. The van der Waals surface area contributed by atoms with Gasteiger partial charge in [0.2, 0.25) is 0 Å². The lowest BCUT2D eigenvalue weighted by molar-refractivity contribution is 0.0822. The molecule has 4 heteroatoms. The normalized spacial score (nSPS) is 12.8. The molecule has 1 unspecified atom stereocenters. The van der Waals surface area contributed by atoms with E-state index in [9.17, 15) is 14.2 Å². The van der Waals surface area contributed by atoms with Crippen LogP contribution in [0.2, 0.25) is 0 Å². The zero-order chi connectivity index (χ0) is 22.1. The van der Waals surface area contributed by atoms with Crippen molar-refractivity contribution < 1.29 is 14.2 Å². The molecule has 0 aliphatic rings. The Labute approximate surface area is 176 Å². The first-order valence-corrected chi connectivity index (χ1v) is 10.9. The van der Waals surface area contributed by atoms with Crippen LogP contribution in [0.15, 0.2) is 24.3 Å². The number of Topliss-reactive ketones (excluding diaryl/α,β-unsaturated/α-hetero) is 2. The Morgan fingerprint density at radius 2 is 1.17 bits per heavy atom. The molecular formula is C25H31O3P. The second-order valence-corrected chi connectivity index (χ2v) is 9.72. The predicted octanol–water partition coefficient (Wildman–Crippen LogP) is 6.50. The standard InChI is InChI=1S/C25H31O3P/c1-14-9-15(2)21(16(3)10-14)23(26)20(13-29-28)24(27)22-17(4)11-19(12-18(22)5)25(6,7)8/h9-12,20H,13H2,1-8H3. The van der Waals surface area contributed by atoms with E-state index < -0.39 is 5.92 Å². The van der Waals surface area contributed by atoms with Crippen molar-refractivity contribution in [2.45, 2.75) is 60.8 Å². The maximum atomic E-state index is 13.5. The molecule has 154 valence electrons. The highest BCUT2D eigenvalue weighted by Gasteiger charge is 2.32. The maximum absolute atomic E-state index is 13.5. The fourth-order valence-corrected chi connectivity index (χ4v) is 4.54. The van der Waals surface area contributed by atoms with Gasteiger partial charge in [-0.1, -0.05) is 50.6 Å². The number of rotatable bonds is 6. The second kappa shape index (κ2) is 8.71. The Morgan fingerprint density at radius 1 is 0.793 bits per heavy atom. The Hall–Kier alpha value is -2.12. The molecule has 0 amide bonds. The minimum absolute atomic E-state index is 0.00960. The Bertz CT molecular complexity index is 934. The minimum Gasteiger partial charge on any atom is -0.293 e. The zero-order valence-corrected chi connectivity index (χ0v) is 19.7. The number of hydrogen-bond donors (Lipinski definition) is 0. The van der Waals surface area contributed by atoms with Crippen molar-refractivity contribution in [3.63, 3.8) is 0 Å². The van der Waals surface area contributed by atoms with Crippen LogP contribution in [0.25, 0.3) is 0 Å². The van der Waals surface area contributed by atoms with Gasteiger partial charge in [0.15, 0.2) is 20.0 Å². The van der Waals surface area contributed by atoms with Crippen LogP contribution in [0.5, 0.6) is 0 Å². The van der Waals surface area contributed by atoms with Crippen molar-refractivity contribution in [1.82, 2.24) is 0 Å². The van der Waals surface area contributed by atoms with E-state index in [4.69, 9.17) is 0 Å². The summed E-state index contributed by atoms with van der Waals surface area (Å²) in [5.41, 5.74) is 6.76. The first-order chi connectivity index (χ1) is 13.4. The van der Waals surface area contributed by atoms with E-state index in [-0.39, 0.29) is 31.6 Å². The van der Waals surface area contributed by atoms with Gasteiger partial charge < -0.3 is 0 Å². The molecule has 29 heavy (non-hydrogen) atoms. The van der Waals surface area contributed by atoms with E-state index in [1.165, 1.54) is 0 Å². The molecular weight excluding hydrogens is 379 g/mol. The number of ketones is 2. The maximum Gasteiger partial charge on any atom is 0.175 e. The molecule has 1 atom stereocenters. The highest BCUT2D eigenvalue weighted by molar-refractivity contribution is 7.23. The van der Waals surface area contributed by atoms with E-state index in [0.29, 0.717) is 11.1 Å². The molecule has 3 nitrogen and oxygen atoms in total. The summed E-state index contributed by atoms with van der Waals surface area (Å²) in [6.07, 6.45) is -0.00960. The molecule has 0 saturated heterocycles. The van der Waals surface area contributed by atoms with Gasteiger partial charge in [-0.05, 0) is 67.9 Å². The molecule has 0 bridgehead atoms. The quantitative estimate of drug-likeness (QED) is 0.310. The summed E-state index contributed by atoms with van der Waals surface area (Å²) in [4.78, 5) is 26.9. The smallest absolute Gasteiger partial charge is 0.175 e. The van der Waals surface area contributed by atoms with Crippen LogP contribution in [0.4, 0.5) is 0 Å². The molecule has 0 aliphatic heterocycles. The van der Waals surface area contributed by atoms with Crippen molar-refractivity contribution in [1.29, 1.82) is 0 Å². The van der Waals surface area contributed by atoms with Crippen LogP contribution >= 0.6 is 8.46 Å². The molecule has 0 saturated carbocycles. The summed E-state index contributed by atoms with van der Waals surface area (Å²) >= 11 is 0. The largest absolute Gasteiger partial charge is 0.293 e. The molecule has 0 heterocycles. The van der Waals surface area contributed by atoms with E-state index in [2.05, 4.69) is 20.8 Å². The van der Waals surface area contributed by atoms with Crippen molar-refractivity contribution in [3.05, 3.63) is 68.8 Å². The fraction of sp³-hybridized carbons (Fsp3) is 0.440. The zero-order valence-electron chi connectivity index (χ0n) is 18.8. The Balaban J connectivity index is 2.56. The van der Waals surface area contributed by atoms with Crippen molar-refractivity contribution in [2.24, 2.45) is 5.92 Å². The molecule has 0 spiro atoms. The summed E-state index contributed by atoms with van der Waals surface area (Å²) in [6, 6.07) is 7.95. The second-order valence-electron chi connectivity index (χ2n) is 9.10. The molecule has 2 aromatic rings. The van der Waals surface area contributed by atoms with E-state index in [1.54, 1.807) is 0 Å². The van der Waals surface area contributed by atoms with Gasteiger partial charge in [0.25, 0.3) is 0 Å². The van der Waals surface area contributed by atoms with Gasteiger partial charge >= 0.3 is 0 Å². The van der Waals surface area contributed by atoms with Crippen molar-refractivity contribution >= 4 is 20.0 Å². The van der Waals surface area contributed by atoms with E-state index in [1.807, 2.05) is 58.9 Å². The number of aryl methyl sites for hydroxylation is 5. The van der Waals surface area contributed by atoms with Crippen LogP contribution < -0.4 is 0 Å². The highest BCUT2D eigenvalue weighted by atomic mass is 31.1. The average molecular weight is 410 g/mol. The summed E-state index contributed by atoms with van der Waals surface area (Å²) in [7, 11) is -0.203. The van der Waals surface area contributed by atoms with Gasteiger partial charge in [0.1, 0.15) is 0 Å². The molecule has 0 aromatic heterocycles. The molecule has 0 aliphatic carbocycles. The van der Waals surface area contributed by atoms with Crippen LogP contribution in [0.1, 0.15) is 74.9 Å². The lowest BCUT2D eigenvalue weighted by Gasteiger charge is -2.23. The first-order valence-electron chi connectivity index (χ1n) is 9.95. The van der Waals surface area contributed by atoms with Gasteiger partial charge in [-0.15, -0.1) is 0 Å². The topological polar surface area (TPSA) is 51.2 Å². The van der Waals surface area contributed by atoms with Crippen molar-refractivity contribution in [2.75, 3.05) is 6.16 Å². The summed E-state index contributed by atoms with van der Waals surface area (Å²) < 4.78 is 11.5. The van der Waals surface area contributed by atoms with Crippen LogP contribution in [0.3, 0.4) is 0 Å². The Morgan fingerprint density at radius 3 is 1.52 bits per heavy atom. The number of hydrogen-bond acceptors (Lipinski definition) is 3. The fourth-order valence-electron chi connectivity index (χ4n) is 4.06. The molecule has 2 aromatic carbocycles. The lowest BCUT2D eigenvalue weighted by Crippen LogP contribution is -2.29. The molecule has 0 N–H and O–H groups in total. The number of carbonyl (C=O) groups excluding carboxylic acids is 2.